The summed E-state index contributed by atoms with van der Waals surface area (Å²) in [4.78, 5) is 0. The highest BCUT2D eigenvalue weighted by Gasteiger charge is 2.36. The molecule has 0 aromatic rings. The fourth-order valence-electron chi connectivity index (χ4n) is 2.09. The van der Waals surface area contributed by atoms with Gasteiger partial charge in [0.15, 0.2) is 6.29 Å². The first-order valence-electron chi connectivity index (χ1n) is 6.93. The maximum Gasteiger partial charge on any atom is 0.160 e. The van der Waals surface area contributed by atoms with Crippen LogP contribution in [0.4, 0.5) is 0 Å². The number of hydrogen-bond donors (Lipinski definition) is 3. The number of unbranched alkanes of at least 4 members (excludes halogenated alkanes) is 4. The first-order valence-corrected chi connectivity index (χ1v) is 6.93. The number of aliphatic hydroxyl groups is 3. The van der Waals surface area contributed by atoms with Crippen LogP contribution in [0.2, 0.25) is 0 Å². The molecule has 5 heteroatoms. The summed E-state index contributed by atoms with van der Waals surface area (Å²) < 4.78 is 10.9. The molecule has 1 aliphatic heterocycles. The second kappa shape index (κ2) is 8.82. The molecule has 1 saturated heterocycles. The van der Waals surface area contributed by atoms with Crippen LogP contribution < -0.4 is 0 Å². The van der Waals surface area contributed by atoms with Gasteiger partial charge >= 0.3 is 0 Å². The van der Waals surface area contributed by atoms with Crippen LogP contribution in [0.1, 0.15) is 45.4 Å². The lowest BCUT2D eigenvalue weighted by Gasteiger charge is -2.36. The van der Waals surface area contributed by atoms with Crippen LogP contribution in [-0.4, -0.2) is 53.1 Å². The van der Waals surface area contributed by atoms with Crippen LogP contribution in [0.15, 0.2) is 0 Å². The second-order valence-corrected chi connectivity index (χ2v) is 4.87. The molecule has 0 spiro atoms. The molecule has 1 fully saturated rings. The fourth-order valence-corrected chi connectivity index (χ4v) is 2.09. The minimum absolute atomic E-state index is 0.257. The summed E-state index contributed by atoms with van der Waals surface area (Å²) in [6, 6.07) is 0. The van der Waals surface area contributed by atoms with Crippen LogP contribution in [0, 0.1) is 0 Å². The Morgan fingerprint density at radius 1 is 1.17 bits per heavy atom. The average Bonchev–Trinajstić information content (AvgIpc) is 2.37. The van der Waals surface area contributed by atoms with Crippen molar-refractivity contribution in [3.8, 4) is 0 Å². The SMILES string of the molecule is CCCCCCCO[C@H]1C[C@@H](O)[C@@H](O)[C@@H](CO)O1. The molecule has 18 heavy (non-hydrogen) atoms. The van der Waals surface area contributed by atoms with Gasteiger partial charge in [0.2, 0.25) is 0 Å². The van der Waals surface area contributed by atoms with E-state index in [1.54, 1.807) is 0 Å². The van der Waals surface area contributed by atoms with Crippen molar-refractivity contribution in [2.75, 3.05) is 13.2 Å². The molecule has 1 aliphatic rings. The van der Waals surface area contributed by atoms with Crippen LogP contribution >= 0.6 is 0 Å². The van der Waals surface area contributed by atoms with Gasteiger partial charge in [-0.15, -0.1) is 0 Å². The van der Waals surface area contributed by atoms with Gasteiger partial charge in [-0.05, 0) is 6.42 Å². The molecule has 4 atom stereocenters. The summed E-state index contributed by atoms with van der Waals surface area (Å²) in [7, 11) is 0. The van der Waals surface area contributed by atoms with Gasteiger partial charge in [0, 0.05) is 13.0 Å². The molecule has 0 aliphatic carbocycles. The molecule has 1 heterocycles. The van der Waals surface area contributed by atoms with E-state index < -0.39 is 24.6 Å². The van der Waals surface area contributed by atoms with Crippen molar-refractivity contribution in [3.05, 3.63) is 0 Å². The predicted octanol–water partition coefficient (Wildman–Crippen LogP) is 0.802. The predicted molar refractivity (Wildman–Crippen MR) is 67.1 cm³/mol. The molecule has 0 saturated carbocycles. The minimum Gasteiger partial charge on any atom is -0.394 e. The summed E-state index contributed by atoms with van der Waals surface area (Å²) in [5.74, 6) is 0. The lowest BCUT2D eigenvalue weighted by atomic mass is 10.0. The topological polar surface area (TPSA) is 79.2 Å². The summed E-state index contributed by atoms with van der Waals surface area (Å²) in [6.07, 6.45) is 2.86. The smallest absolute Gasteiger partial charge is 0.160 e. The Hall–Kier alpha value is -0.200. The maximum atomic E-state index is 9.60. The van der Waals surface area contributed by atoms with E-state index >= 15 is 0 Å². The normalized spacial score (nSPS) is 32.7. The fraction of sp³-hybridized carbons (Fsp3) is 1.00. The zero-order valence-electron chi connectivity index (χ0n) is 11.1. The highest BCUT2D eigenvalue weighted by molar-refractivity contribution is 4.82. The van der Waals surface area contributed by atoms with Crippen LogP contribution in [0.3, 0.4) is 0 Å². The van der Waals surface area contributed by atoms with Crippen molar-refractivity contribution < 1.29 is 24.8 Å². The molecule has 5 nitrogen and oxygen atoms in total. The molecule has 108 valence electrons. The monoisotopic (exact) mass is 262 g/mol. The van der Waals surface area contributed by atoms with Crippen molar-refractivity contribution in [3.63, 3.8) is 0 Å². The standard InChI is InChI=1S/C13H26O5/c1-2-3-4-5-6-7-17-12-8-10(15)13(16)11(9-14)18-12/h10-16H,2-9H2,1H3/t10-,11-,12-,13-/m1/s1. The lowest BCUT2D eigenvalue weighted by Crippen LogP contribution is -2.50. The first-order chi connectivity index (χ1) is 8.69. The van der Waals surface area contributed by atoms with Gasteiger partial charge in [-0.2, -0.15) is 0 Å². The quantitative estimate of drug-likeness (QED) is 0.564. The second-order valence-electron chi connectivity index (χ2n) is 4.87. The van der Waals surface area contributed by atoms with Gasteiger partial charge < -0.3 is 24.8 Å². The summed E-state index contributed by atoms with van der Waals surface area (Å²) >= 11 is 0. The van der Waals surface area contributed by atoms with E-state index in [2.05, 4.69) is 6.92 Å². The molecule has 0 radical (unpaired) electrons. The van der Waals surface area contributed by atoms with Gasteiger partial charge in [0.1, 0.15) is 12.2 Å². The highest BCUT2D eigenvalue weighted by atomic mass is 16.7. The molecule has 0 bridgehead atoms. The third kappa shape index (κ3) is 5.20. The van der Waals surface area contributed by atoms with E-state index in [1.165, 1.54) is 19.3 Å². The molecule has 0 amide bonds. The van der Waals surface area contributed by atoms with Crippen LogP contribution in [-0.2, 0) is 9.47 Å². The van der Waals surface area contributed by atoms with Crippen LogP contribution in [0.5, 0.6) is 0 Å². The molecule has 0 unspecified atom stereocenters. The molecule has 3 N–H and O–H groups in total. The Morgan fingerprint density at radius 2 is 1.89 bits per heavy atom. The number of hydrogen-bond acceptors (Lipinski definition) is 5. The molecule has 1 rings (SSSR count). The average molecular weight is 262 g/mol. The van der Waals surface area contributed by atoms with Crippen LogP contribution in [0.25, 0.3) is 0 Å². The number of ether oxygens (including phenoxy) is 2. The first kappa shape index (κ1) is 15.9. The van der Waals surface area contributed by atoms with E-state index in [0.29, 0.717) is 6.61 Å². The summed E-state index contributed by atoms with van der Waals surface area (Å²) in [6.45, 7) is 2.46. The summed E-state index contributed by atoms with van der Waals surface area (Å²) in [5, 5.41) is 28.1. The minimum atomic E-state index is -1.03. The zero-order chi connectivity index (χ0) is 13.4. The van der Waals surface area contributed by atoms with E-state index in [9.17, 15) is 10.2 Å². The van der Waals surface area contributed by atoms with E-state index in [0.717, 1.165) is 12.8 Å². The maximum absolute atomic E-state index is 9.60. The van der Waals surface area contributed by atoms with E-state index in [4.69, 9.17) is 14.6 Å². The Labute approximate surface area is 109 Å². The Morgan fingerprint density at radius 3 is 2.56 bits per heavy atom. The number of rotatable bonds is 8. The Kier molecular flexibility index (Phi) is 7.77. The molecule has 0 aromatic heterocycles. The van der Waals surface area contributed by atoms with Gasteiger partial charge in [-0.3, -0.25) is 0 Å². The highest BCUT2D eigenvalue weighted by Crippen LogP contribution is 2.21. The molecule has 0 aromatic carbocycles. The Bertz CT molecular complexity index is 212. The third-order valence-corrected chi connectivity index (χ3v) is 3.27. The van der Waals surface area contributed by atoms with Gasteiger partial charge in [-0.1, -0.05) is 32.6 Å². The van der Waals surface area contributed by atoms with Gasteiger partial charge in [0.05, 0.1) is 12.7 Å². The number of aliphatic hydroxyl groups excluding tert-OH is 3. The Balaban J connectivity index is 2.14. The lowest BCUT2D eigenvalue weighted by molar-refractivity contribution is -0.256. The van der Waals surface area contributed by atoms with E-state index in [1.807, 2.05) is 0 Å². The van der Waals surface area contributed by atoms with Crippen molar-refractivity contribution in [1.82, 2.24) is 0 Å². The van der Waals surface area contributed by atoms with Gasteiger partial charge in [0.25, 0.3) is 0 Å². The van der Waals surface area contributed by atoms with Crippen molar-refractivity contribution in [2.24, 2.45) is 0 Å². The van der Waals surface area contributed by atoms with E-state index in [-0.39, 0.29) is 13.0 Å². The van der Waals surface area contributed by atoms with Crippen molar-refractivity contribution in [2.45, 2.75) is 70.1 Å². The van der Waals surface area contributed by atoms with Crippen molar-refractivity contribution >= 4 is 0 Å². The van der Waals surface area contributed by atoms with Gasteiger partial charge in [-0.25, -0.2) is 0 Å². The molecular weight excluding hydrogens is 236 g/mol. The zero-order valence-corrected chi connectivity index (χ0v) is 11.1. The molecular formula is C13H26O5. The third-order valence-electron chi connectivity index (χ3n) is 3.27. The largest absolute Gasteiger partial charge is 0.394 e. The summed E-state index contributed by atoms with van der Waals surface area (Å²) in [5.41, 5.74) is 0. The van der Waals surface area contributed by atoms with Crippen molar-refractivity contribution in [1.29, 1.82) is 0 Å².